The van der Waals surface area contributed by atoms with E-state index >= 15 is 0 Å². The van der Waals surface area contributed by atoms with Gasteiger partial charge in [-0.05, 0) is 36.8 Å². The molecule has 2 aromatic carbocycles. The predicted octanol–water partition coefficient (Wildman–Crippen LogP) is 1.45. The minimum absolute atomic E-state index is 0.0169. The molecule has 27 heavy (non-hydrogen) atoms. The zero-order valence-electron chi connectivity index (χ0n) is 16.5. The molecule has 0 aromatic heterocycles. The molecule has 0 spiro atoms. The number of hydrogen-bond acceptors (Lipinski definition) is 3. The number of carbonyl (C=O) groups excluding carboxylic acids is 1. The Morgan fingerprint density at radius 1 is 1.11 bits per heavy atom. The molecule has 2 aromatic rings. The standard InChI is InChI=1S/C22H29N3O2/c1-18(22(26)23(2)17-19-7-5-4-6-8-19)24-13-15-25(16-14-24)20-9-11-21(27-3)12-10-20/h4-12,18H,13-17H2,1-3H3/p+1/t18-/m0/s1. The normalized spacial score (nSPS) is 16.0. The Kier molecular flexibility index (Phi) is 6.35. The van der Waals surface area contributed by atoms with Crippen LogP contribution in [0, 0.1) is 0 Å². The fraction of sp³-hybridized carbons (Fsp3) is 0.409. The number of piperazine rings is 1. The van der Waals surface area contributed by atoms with Crippen LogP contribution < -0.4 is 14.5 Å². The molecule has 0 aliphatic carbocycles. The highest BCUT2D eigenvalue weighted by Crippen LogP contribution is 2.19. The smallest absolute Gasteiger partial charge is 0.280 e. The number of benzene rings is 2. The second-order valence-corrected chi connectivity index (χ2v) is 7.24. The van der Waals surface area contributed by atoms with E-state index in [9.17, 15) is 4.79 Å². The van der Waals surface area contributed by atoms with Crippen molar-refractivity contribution >= 4 is 11.6 Å². The first kappa shape index (κ1) is 19.2. The summed E-state index contributed by atoms with van der Waals surface area (Å²) in [6.07, 6.45) is 0. The van der Waals surface area contributed by atoms with E-state index in [1.807, 2.05) is 42.3 Å². The maximum absolute atomic E-state index is 12.8. The summed E-state index contributed by atoms with van der Waals surface area (Å²) in [5.41, 5.74) is 2.38. The van der Waals surface area contributed by atoms with E-state index in [1.165, 1.54) is 16.2 Å². The summed E-state index contributed by atoms with van der Waals surface area (Å²) in [6, 6.07) is 18.3. The van der Waals surface area contributed by atoms with Crippen molar-refractivity contribution in [3.05, 3.63) is 60.2 Å². The third-order valence-corrected chi connectivity index (χ3v) is 5.46. The molecule has 1 atom stereocenters. The van der Waals surface area contributed by atoms with Gasteiger partial charge in [0.15, 0.2) is 6.04 Å². The highest BCUT2D eigenvalue weighted by Gasteiger charge is 2.31. The Morgan fingerprint density at radius 3 is 2.33 bits per heavy atom. The van der Waals surface area contributed by atoms with Gasteiger partial charge >= 0.3 is 0 Å². The number of rotatable bonds is 6. The molecule has 1 heterocycles. The second-order valence-electron chi connectivity index (χ2n) is 7.24. The van der Waals surface area contributed by atoms with Crippen LogP contribution in [0.3, 0.4) is 0 Å². The summed E-state index contributed by atoms with van der Waals surface area (Å²) >= 11 is 0. The van der Waals surface area contributed by atoms with Gasteiger partial charge in [-0.25, -0.2) is 0 Å². The highest BCUT2D eigenvalue weighted by molar-refractivity contribution is 5.79. The topological polar surface area (TPSA) is 37.2 Å². The van der Waals surface area contributed by atoms with E-state index in [4.69, 9.17) is 4.74 Å². The molecule has 1 aliphatic rings. The van der Waals surface area contributed by atoms with Crippen LogP contribution in [-0.2, 0) is 11.3 Å². The van der Waals surface area contributed by atoms with E-state index in [2.05, 4.69) is 36.1 Å². The summed E-state index contributed by atoms with van der Waals surface area (Å²) in [4.78, 5) is 18.4. The zero-order chi connectivity index (χ0) is 19.2. The van der Waals surface area contributed by atoms with Gasteiger partial charge in [0.05, 0.1) is 33.3 Å². The SMILES string of the molecule is COc1ccc(N2CC[NH+]([C@@H](C)C(=O)N(C)Cc3ccccc3)CC2)cc1. The lowest BCUT2D eigenvalue weighted by atomic mass is 10.1. The number of carbonyl (C=O) groups is 1. The molecule has 144 valence electrons. The first-order valence-corrected chi connectivity index (χ1v) is 9.61. The average Bonchev–Trinajstić information content (AvgIpc) is 2.73. The van der Waals surface area contributed by atoms with Gasteiger partial charge in [0.1, 0.15) is 5.75 Å². The lowest BCUT2D eigenvalue weighted by molar-refractivity contribution is -0.915. The van der Waals surface area contributed by atoms with Gasteiger partial charge in [-0.1, -0.05) is 30.3 Å². The van der Waals surface area contributed by atoms with Crippen LogP contribution in [0.5, 0.6) is 5.75 Å². The fourth-order valence-corrected chi connectivity index (χ4v) is 3.72. The third-order valence-electron chi connectivity index (χ3n) is 5.46. The minimum atomic E-state index is -0.0169. The Hall–Kier alpha value is -2.53. The van der Waals surface area contributed by atoms with E-state index in [0.29, 0.717) is 6.54 Å². The Morgan fingerprint density at radius 2 is 1.74 bits per heavy atom. The molecule has 0 unspecified atom stereocenters. The van der Waals surface area contributed by atoms with E-state index in [-0.39, 0.29) is 11.9 Å². The van der Waals surface area contributed by atoms with Crippen molar-refractivity contribution < 1.29 is 14.4 Å². The van der Waals surface area contributed by atoms with Gasteiger partial charge in [0, 0.05) is 19.3 Å². The monoisotopic (exact) mass is 368 g/mol. The maximum Gasteiger partial charge on any atom is 0.280 e. The van der Waals surface area contributed by atoms with E-state index in [1.54, 1.807) is 7.11 Å². The second kappa shape index (κ2) is 8.91. The van der Waals surface area contributed by atoms with Crippen LogP contribution in [0.15, 0.2) is 54.6 Å². The lowest BCUT2D eigenvalue weighted by Crippen LogP contribution is -3.19. The van der Waals surface area contributed by atoms with Crippen molar-refractivity contribution in [2.24, 2.45) is 0 Å². The largest absolute Gasteiger partial charge is 0.497 e. The van der Waals surface area contributed by atoms with Gasteiger partial charge < -0.3 is 19.4 Å². The number of hydrogen-bond donors (Lipinski definition) is 1. The van der Waals surface area contributed by atoms with Crippen molar-refractivity contribution in [1.29, 1.82) is 0 Å². The Labute approximate surface area is 162 Å². The minimum Gasteiger partial charge on any atom is -0.497 e. The molecular formula is C22H30N3O2+. The average molecular weight is 369 g/mol. The summed E-state index contributed by atoms with van der Waals surface area (Å²) < 4.78 is 5.23. The van der Waals surface area contributed by atoms with Crippen molar-refractivity contribution in [1.82, 2.24) is 4.90 Å². The highest BCUT2D eigenvalue weighted by atomic mass is 16.5. The first-order valence-electron chi connectivity index (χ1n) is 9.61. The summed E-state index contributed by atoms with van der Waals surface area (Å²) in [6.45, 7) is 6.58. The van der Waals surface area contributed by atoms with Crippen molar-refractivity contribution in [2.45, 2.75) is 19.5 Å². The first-order chi connectivity index (χ1) is 13.1. The van der Waals surface area contributed by atoms with E-state index < -0.39 is 0 Å². The maximum atomic E-state index is 12.8. The molecule has 3 rings (SSSR count). The number of ether oxygens (including phenoxy) is 1. The third kappa shape index (κ3) is 4.80. The number of nitrogens with one attached hydrogen (secondary N) is 1. The number of amides is 1. The molecule has 1 N–H and O–H groups in total. The molecule has 5 nitrogen and oxygen atoms in total. The molecule has 1 fully saturated rings. The molecule has 5 heteroatoms. The number of likely N-dealkylation sites (N-methyl/N-ethyl adjacent to an activating group) is 1. The van der Waals surface area contributed by atoms with Crippen LogP contribution in [0.25, 0.3) is 0 Å². The van der Waals surface area contributed by atoms with Crippen LogP contribution in [0.4, 0.5) is 5.69 Å². The molecule has 1 aliphatic heterocycles. The Bertz CT molecular complexity index is 725. The van der Waals surface area contributed by atoms with E-state index in [0.717, 1.165) is 31.9 Å². The van der Waals surface area contributed by atoms with Crippen LogP contribution in [0.2, 0.25) is 0 Å². The van der Waals surface area contributed by atoms with Gasteiger partial charge in [0.25, 0.3) is 5.91 Å². The van der Waals surface area contributed by atoms with Gasteiger partial charge in [-0.3, -0.25) is 4.79 Å². The van der Waals surface area contributed by atoms with Crippen LogP contribution in [-0.4, -0.2) is 57.2 Å². The van der Waals surface area contributed by atoms with Crippen molar-refractivity contribution in [2.75, 3.05) is 45.2 Å². The van der Waals surface area contributed by atoms with Gasteiger partial charge in [0.2, 0.25) is 0 Å². The van der Waals surface area contributed by atoms with Crippen molar-refractivity contribution in [3.63, 3.8) is 0 Å². The molecule has 0 saturated carbocycles. The van der Waals surface area contributed by atoms with Gasteiger partial charge in [-0.2, -0.15) is 0 Å². The molecule has 1 saturated heterocycles. The van der Waals surface area contributed by atoms with Gasteiger partial charge in [-0.15, -0.1) is 0 Å². The lowest BCUT2D eigenvalue weighted by Gasteiger charge is -2.37. The number of nitrogens with zero attached hydrogens (tertiary/aromatic N) is 2. The Balaban J connectivity index is 1.52. The number of quaternary nitrogens is 1. The zero-order valence-corrected chi connectivity index (χ0v) is 16.5. The summed E-state index contributed by atoms with van der Waals surface area (Å²) in [5, 5.41) is 0. The van der Waals surface area contributed by atoms with Crippen molar-refractivity contribution in [3.8, 4) is 5.75 Å². The fourth-order valence-electron chi connectivity index (χ4n) is 3.72. The molecule has 0 radical (unpaired) electrons. The predicted molar refractivity (Wildman–Crippen MR) is 108 cm³/mol. The molecular weight excluding hydrogens is 338 g/mol. The van der Waals surface area contributed by atoms with Crippen LogP contribution in [0.1, 0.15) is 12.5 Å². The number of methoxy groups -OCH3 is 1. The van der Waals surface area contributed by atoms with Crippen LogP contribution >= 0.6 is 0 Å². The summed E-state index contributed by atoms with van der Waals surface area (Å²) in [7, 11) is 3.59. The molecule has 1 amide bonds. The number of anilines is 1. The summed E-state index contributed by atoms with van der Waals surface area (Å²) in [5.74, 6) is 1.09. The molecule has 0 bridgehead atoms. The quantitative estimate of drug-likeness (QED) is 0.839.